The Labute approximate surface area is 269 Å². The minimum atomic E-state index is -1.54. The van der Waals surface area contributed by atoms with Gasteiger partial charge in [0, 0.05) is 28.8 Å². The Morgan fingerprint density at radius 3 is 2.53 bits per heavy atom. The fraction of sp³-hybridized carbons (Fsp3) is 0.344. The van der Waals surface area contributed by atoms with Gasteiger partial charge in [0.05, 0.1) is 45.2 Å². The first kappa shape index (κ1) is 31.4. The second-order valence-corrected chi connectivity index (χ2v) is 11.1. The van der Waals surface area contributed by atoms with Gasteiger partial charge in [0.15, 0.2) is 29.6 Å². The molecule has 0 bridgehead atoms. The van der Waals surface area contributed by atoms with E-state index in [2.05, 4.69) is 15.5 Å². The first-order valence-electron chi connectivity index (χ1n) is 14.5. The molecular weight excluding hydrogens is 614 g/mol. The molecule has 15 nitrogen and oxygen atoms in total. The van der Waals surface area contributed by atoms with Crippen molar-refractivity contribution < 1.29 is 43.3 Å². The zero-order valence-corrected chi connectivity index (χ0v) is 26.6. The van der Waals surface area contributed by atoms with Crippen LogP contribution >= 0.6 is 0 Å². The summed E-state index contributed by atoms with van der Waals surface area (Å²) in [7, 11) is 6.05. The predicted octanol–water partition coefficient (Wildman–Crippen LogP) is 4.47. The molecule has 4 aromatic rings. The smallest absolute Gasteiger partial charge is 0.271 e. The highest BCUT2D eigenvalue weighted by Crippen LogP contribution is 2.57. The maximum absolute atomic E-state index is 12.2. The van der Waals surface area contributed by atoms with Gasteiger partial charge in [-0.1, -0.05) is 23.4 Å². The summed E-state index contributed by atoms with van der Waals surface area (Å²) in [5.74, 6) is 1.98. The summed E-state index contributed by atoms with van der Waals surface area (Å²) in [6.45, 7) is 3.48. The van der Waals surface area contributed by atoms with Gasteiger partial charge in [0.2, 0.25) is 18.3 Å². The number of rotatable bonds is 9. The maximum atomic E-state index is 12.2. The van der Waals surface area contributed by atoms with E-state index in [0.29, 0.717) is 69.0 Å². The van der Waals surface area contributed by atoms with Crippen LogP contribution in [0.1, 0.15) is 30.7 Å². The number of ether oxygens (including phenoxy) is 6. The summed E-state index contributed by atoms with van der Waals surface area (Å²) >= 11 is 0. The lowest BCUT2D eigenvalue weighted by atomic mass is 9.73. The van der Waals surface area contributed by atoms with Crippen LogP contribution in [0.2, 0.25) is 0 Å². The molecular formula is C32H33N5O10. The number of nitro benzene ring substituents is 1. The molecule has 1 N–H and O–H groups in total. The van der Waals surface area contributed by atoms with E-state index in [9.17, 15) is 15.2 Å². The molecule has 1 aromatic heterocycles. The number of methoxy groups -OCH3 is 4. The molecule has 1 aliphatic heterocycles. The van der Waals surface area contributed by atoms with Crippen molar-refractivity contribution in [3.05, 3.63) is 69.5 Å². The third-order valence-corrected chi connectivity index (χ3v) is 8.42. The van der Waals surface area contributed by atoms with Crippen LogP contribution in [0.3, 0.4) is 0 Å². The number of aliphatic hydroxyl groups is 1. The van der Waals surface area contributed by atoms with E-state index in [1.807, 2.05) is 13.0 Å². The number of oxime groups is 1. The monoisotopic (exact) mass is 647 g/mol. The molecule has 0 amide bonds. The largest absolute Gasteiger partial charge is 0.493 e. The van der Waals surface area contributed by atoms with Crippen molar-refractivity contribution in [2.45, 2.75) is 32.5 Å². The lowest BCUT2D eigenvalue weighted by Gasteiger charge is -2.36. The van der Waals surface area contributed by atoms with Gasteiger partial charge in [-0.05, 0) is 43.0 Å². The fourth-order valence-corrected chi connectivity index (χ4v) is 5.86. The van der Waals surface area contributed by atoms with E-state index < -0.39 is 16.4 Å². The number of nitro groups is 1. The average molecular weight is 648 g/mol. The highest BCUT2D eigenvalue weighted by molar-refractivity contribution is 6.13. The van der Waals surface area contributed by atoms with Crippen LogP contribution in [0.25, 0.3) is 16.8 Å². The Morgan fingerprint density at radius 1 is 1.06 bits per heavy atom. The number of benzene rings is 3. The minimum Gasteiger partial charge on any atom is -0.493 e. The number of nitrogens with zero attached hydrogens (tertiary/aromatic N) is 5. The maximum Gasteiger partial charge on any atom is 0.271 e. The summed E-state index contributed by atoms with van der Waals surface area (Å²) in [4.78, 5) is 16.6. The normalized spacial score (nSPS) is 18.9. The van der Waals surface area contributed by atoms with Crippen LogP contribution in [-0.4, -0.2) is 71.6 Å². The zero-order valence-electron chi connectivity index (χ0n) is 26.6. The van der Waals surface area contributed by atoms with Crippen LogP contribution in [-0.2, 0) is 17.9 Å². The standard InChI is InChI=1S/C32H33N5O10/c1-17-10-18-11-24-28(46-16-45-24)29(43-5)25(18)26-22(13-23(41-3)27(42-4)30(26)44-6)31(32(17,2)38)34-47-15-19-14-36(35-33-19)20-8-7-9-21(12-20)37(39)40/h7-9,11-14,17,38H,10,15-16H2,1-6H3/b34-31+/t17-,32+/m0/s1. The van der Waals surface area contributed by atoms with Crippen molar-refractivity contribution in [3.8, 4) is 51.3 Å². The van der Waals surface area contributed by atoms with Gasteiger partial charge in [-0.3, -0.25) is 10.1 Å². The summed E-state index contributed by atoms with van der Waals surface area (Å²) in [5, 5.41) is 36.1. The molecule has 2 aliphatic rings. The van der Waals surface area contributed by atoms with E-state index in [1.54, 1.807) is 38.4 Å². The molecule has 15 heteroatoms. The Kier molecular flexibility index (Phi) is 8.23. The summed E-state index contributed by atoms with van der Waals surface area (Å²) in [6.07, 6.45) is 1.97. The van der Waals surface area contributed by atoms with Gasteiger partial charge in [0.1, 0.15) is 17.0 Å². The van der Waals surface area contributed by atoms with Crippen molar-refractivity contribution in [1.29, 1.82) is 0 Å². The van der Waals surface area contributed by atoms with Gasteiger partial charge in [-0.15, -0.1) is 5.10 Å². The molecule has 1 aliphatic carbocycles. The quantitative estimate of drug-likeness (QED) is 0.200. The summed E-state index contributed by atoms with van der Waals surface area (Å²) in [6, 6.07) is 9.60. The van der Waals surface area contributed by atoms with Gasteiger partial charge in [0.25, 0.3) is 5.69 Å². The third kappa shape index (κ3) is 5.37. The molecule has 47 heavy (non-hydrogen) atoms. The van der Waals surface area contributed by atoms with Crippen molar-refractivity contribution in [3.63, 3.8) is 0 Å². The summed E-state index contributed by atoms with van der Waals surface area (Å²) in [5.41, 5.74) is 1.85. The Hall–Kier alpha value is -5.57. The van der Waals surface area contributed by atoms with Crippen LogP contribution in [0, 0.1) is 16.0 Å². The predicted molar refractivity (Wildman–Crippen MR) is 167 cm³/mol. The van der Waals surface area contributed by atoms with E-state index in [1.165, 1.54) is 38.1 Å². The molecule has 0 saturated heterocycles. The van der Waals surface area contributed by atoms with Gasteiger partial charge in [-0.2, -0.15) is 0 Å². The molecule has 2 atom stereocenters. The highest BCUT2D eigenvalue weighted by atomic mass is 16.7. The van der Waals surface area contributed by atoms with Gasteiger partial charge >= 0.3 is 0 Å². The number of hydrogen-bond acceptors (Lipinski definition) is 13. The van der Waals surface area contributed by atoms with Crippen LogP contribution in [0.4, 0.5) is 5.69 Å². The molecule has 2 heterocycles. The van der Waals surface area contributed by atoms with Crippen molar-refractivity contribution >= 4 is 11.4 Å². The molecule has 0 spiro atoms. The first-order chi connectivity index (χ1) is 22.6. The molecule has 0 radical (unpaired) electrons. The Balaban J connectivity index is 1.49. The molecule has 6 rings (SSSR count). The average Bonchev–Trinajstić information content (AvgIpc) is 3.74. The molecule has 0 saturated carbocycles. The topological polar surface area (TPSA) is 171 Å². The lowest BCUT2D eigenvalue weighted by Crippen LogP contribution is -2.44. The second kappa shape index (κ2) is 12.3. The molecule has 0 fully saturated rings. The number of non-ortho nitro benzene ring substituents is 1. The number of hydrogen-bond donors (Lipinski definition) is 1. The number of fused-ring (bicyclic) bond motifs is 4. The van der Waals surface area contributed by atoms with E-state index in [4.69, 9.17) is 33.3 Å². The molecule has 0 unspecified atom stereocenters. The van der Waals surface area contributed by atoms with E-state index >= 15 is 0 Å². The fourth-order valence-electron chi connectivity index (χ4n) is 5.86. The number of aromatic nitrogens is 3. The van der Waals surface area contributed by atoms with Crippen molar-refractivity contribution in [2.24, 2.45) is 11.1 Å². The zero-order chi connectivity index (χ0) is 33.5. The minimum absolute atomic E-state index is 0.0319. The third-order valence-electron chi connectivity index (χ3n) is 8.42. The molecule has 3 aromatic carbocycles. The van der Waals surface area contributed by atoms with Crippen LogP contribution < -0.4 is 28.4 Å². The Morgan fingerprint density at radius 2 is 1.83 bits per heavy atom. The Bertz CT molecular complexity index is 1890. The highest BCUT2D eigenvalue weighted by Gasteiger charge is 2.43. The van der Waals surface area contributed by atoms with Crippen LogP contribution in [0.15, 0.2) is 47.8 Å². The van der Waals surface area contributed by atoms with Crippen molar-refractivity contribution in [2.75, 3.05) is 35.2 Å². The van der Waals surface area contributed by atoms with Gasteiger partial charge < -0.3 is 38.4 Å². The lowest BCUT2D eigenvalue weighted by molar-refractivity contribution is -0.384. The van der Waals surface area contributed by atoms with E-state index in [0.717, 1.165) is 5.56 Å². The second-order valence-electron chi connectivity index (χ2n) is 11.1. The summed E-state index contributed by atoms with van der Waals surface area (Å²) < 4.78 is 36.3. The SMILES string of the molecule is COc1cc2c(c(OC)c1OC)-c1c(cc3c(c1OC)OCO3)C[C@H](C)[C@@](C)(O)/C2=N/OCc1cn(-c2cccc([N+](=O)[O-])c2)nn1. The van der Waals surface area contributed by atoms with Gasteiger partial charge in [-0.25, -0.2) is 4.68 Å². The molecule has 246 valence electrons. The van der Waals surface area contributed by atoms with Crippen molar-refractivity contribution in [1.82, 2.24) is 15.0 Å². The van der Waals surface area contributed by atoms with Crippen LogP contribution in [0.5, 0.6) is 34.5 Å². The first-order valence-corrected chi connectivity index (χ1v) is 14.5. The van der Waals surface area contributed by atoms with E-state index in [-0.39, 0.29) is 24.8 Å².